The molecule has 1 aliphatic carbocycles. The fourth-order valence-electron chi connectivity index (χ4n) is 3.94. The summed E-state index contributed by atoms with van der Waals surface area (Å²) >= 11 is 1.64. The van der Waals surface area contributed by atoms with E-state index in [1.165, 1.54) is 50.5 Å². The Morgan fingerprint density at radius 2 is 1.80 bits per heavy atom. The topological polar surface area (TPSA) is 45.1 Å². The molecule has 1 saturated carbocycles. The highest BCUT2D eigenvalue weighted by atomic mass is 35.5. The molecule has 2 fully saturated rings. The summed E-state index contributed by atoms with van der Waals surface area (Å²) in [5.74, 6) is -0.496. The number of halogens is 4. The maximum Gasteiger partial charge on any atom is 0.573 e. The Morgan fingerprint density at radius 3 is 2.33 bits per heavy atom. The Balaban J connectivity index is 0.00000320. The predicted octanol–water partition coefficient (Wildman–Crippen LogP) is 5.44. The van der Waals surface area contributed by atoms with Crippen LogP contribution in [0.25, 0.3) is 0 Å². The van der Waals surface area contributed by atoms with E-state index in [2.05, 4.69) is 4.74 Å². The van der Waals surface area contributed by atoms with Gasteiger partial charge in [-0.25, -0.2) is 0 Å². The summed E-state index contributed by atoms with van der Waals surface area (Å²) in [5.41, 5.74) is 0.523. The van der Waals surface area contributed by atoms with Gasteiger partial charge in [0, 0.05) is 24.9 Å². The molecule has 1 aliphatic heterocycles. The van der Waals surface area contributed by atoms with E-state index in [9.17, 15) is 18.0 Å². The van der Waals surface area contributed by atoms with Gasteiger partial charge in [0.05, 0.1) is 6.04 Å². The van der Waals surface area contributed by atoms with Crippen molar-refractivity contribution in [3.05, 3.63) is 24.3 Å². The van der Waals surface area contributed by atoms with Gasteiger partial charge in [-0.15, -0.1) is 25.6 Å². The number of thioether (sulfide) groups is 1. The highest BCUT2D eigenvalue weighted by Gasteiger charge is 2.40. The first-order chi connectivity index (χ1) is 13.7. The number of benzene rings is 1. The molecule has 1 aromatic rings. The minimum atomic E-state index is -4.75. The highest BCUT2D eigenvalue weighted by Crippen LogP contribution is 2.36. The van der Waals surface area contributed by atoms with E-state index in [0.29, 0.717) is 11.7 Å². The number of hydrogen-bond acceptors (Lipinski definition) is 4. The molecule has 5 nitrogen and oxygen atoms in total. The summed E-state index contributed by atoms with van der Waals surface area (Å²) in [4.78, 5) is 21.0. The van der Waals surface area contributed by atoms with Crippen LogP contribution >= 0.6 is 24.2 Å². The molecule has 2 aliphatic rings. The summed E-state index contributed by atoms with van der Waals surface area (Å²) < 4.78 is 41.1. The predicted molar refractivity (Wildman–Crippen MR) is 116 cm³/mol. The maximum atomic E-state index is 12.5. The van der Waals surface area contributed by atoms with Gasteiger partial charge in [-0.3, -0.25) is 14.7 Å². The zero-order valence-corrected chi connectivity index (χ0v) is 18.8. The Morgan fingerprint density at radius 1 is 1.20 bits per heavy atom. The molecule has 1 heterocycles. The van der Waals surface area contributed by atoms with Crippen molar-refractivity contribution in [2.45, 2.75) is 69.8 Å². The molecule has 0 bridgehead atoms. The van der Waals surface area contributed by atoms with Crippen LogP contribution in [0.2, 0.25) is 0 Å². The molecule has 1 aromatic carbocycles. The molecule has 0 spiro atoms. The standard InChI is InChI=1S/C20H26F3N3O2S.ClH/c1-13-18(25(3)19(29-13)24-15-7-5-4-6-8-15)26(14(2)27)16-9-11-17(12-10-16)28-20(21,22)23;/h9-13,15,18H,4-8H2,1-3H3;1H. The van der Waals surface area contributed by atoms with E-state index in [1.54, 1.807) is 16.7 Å². The largest absolute Gasteiger partial charge is 0.573 e. The lowest BCUT2D eigenvalue weighted by atomic mass is 9.96. The van der Waals surface area contributed by atoms with Crippen LogP contribution in [0.4, 0.5) is 18.9 Å². The third-order valence-electron chi connectivity index (χ3n) is 5.23. The minimum absolute atomic E-state index is 0. The highest BCUT2D eigenvalue weighted by molar-refractivity contribution is 8.14. The van der Waals surface area contributed by atoms with Crippen LogP contribution in [0.5, 0.6) is 5.75 Å². The molecule has 1 amide bonds. The third kappa shape index (κ3) is 5.97. The fourth-order valence-corrected chi connectivity index (χ4v) is 5.18. The number of rotatable bonds is 4. The lowest BCUT2D eigenvalue weighted by Gasteiger charge is -2.35. The number of hydrogen-bond donors (Lipinski definition) is 0. The van der Waals surface area contributed by atoms with Crippen LogP contribution in [0.1, 0.15) is 46.0 Å². The summed E-state index contributed by atoms with van der Waals surface area (Å²) in [6.07, 6.45) is 0.816. The number of anilines is 1. The van der Waals surface area contributed by atoms with Gasteiger partial charge in [-0.05, 0) is 44.0 Å². The van der Waals surface area contributed by atoms with Crippen LogP contribution in [-0.2, 0) is 4.79 Å². The Labute approximate surface area is 185 Å². The molecule has 3 rings (SSSR count). The molecular weight excluding hydrogens is 439 g/mol. The zero-order valence-electron chi connectivity index (χ0n) is 17.2. The van der Waals surface area contributed by atoms with E-state index in [1.807, 2.05) is 18.9 Å². The van der Waals surface area contributed by atoms with Crippen LogP contribution in [-0.4, -0.2) is 46.8 Å². The zero-order chi connectivity index (χ0) is 21.2. The number of carbonyl (C=O) groups is 1. The van der Waals surface area contributed by atoms with Crippen molar-refractivity contribution in [2.24, 2.45) is 4.99 Å². The Bertz CT molecular complexity index is 755. The fraction of sp³-hybridized carbons (Fsp3) is 0.600. The van der Waals surface area contributed by atoms with Crippen LogP contribution in [0.3, 0.4) is 0 Å². The smallest absolute Gasteiger partial charge is 0.406 e. The normalized spacial score (nSPS) is 23.9. The monoisotopic (exact) mass is 465 g/mol. The number of nitrogens with zero attached hydrogens (tertiary/aromatic N) is 3. The number of carbonyl (C=O) groups excluding carboxylic acids is 1. The van der Waals surface area contributed by atoms with Crippen LogP contribution in [0.15, 0.2) is 29.3 Å². The van der Waals surface area contributed by atoms with Crippen molar-refractivity contribution in [1.82, 2.24) is 4.90 Å². The van der Waals surface area contributed by atoms with Gasteiger partial charge in [0.15, 0.2) is 5.17 Å². The van der Waals surface area contributed by atoms with Gasteiger partial charge >= 0.3 is 6.36 Å². The van der Waals surface area contributed by atoms with E-state index in [0.717, 1.165) is 18.0 Å². The average molecular weight is 466 g/mol. The van der Waals surface area contributed by atoms with Crippen LogP contribution < -0.4 is 9.64 Å². The first kappa shape index (κ1) is 24.7. The van der Waals surface area contributed by atoms with Crippen molar-refractivity contribution >= 4 is 40.9 Å². The molecule has 2 atom stereocenters. The molecule has 168 valence electrons. The van der Waals surface area contributed by atoms with Gasteiger partial charge in [-0.2, -0.15) is 0 Å². The number of ether oxygens (including phenoxy) is 1. The molecule has 1 saturated heterocycles. The van der Waals surface area contributed by atoms with Crippen molar-refractivity contribution in [3.63, 3.8) is 0 Å². The van der Waals surface area contributed by atoms with Gasteiger partial charge in [-0.1, -0.05) is 31.0 Å². The second-order valence-corrected chi connectivity index (χ2v) is 8.83. The van der Waals surface area contributed by atoms with E-state index in [4.69, 9.17) is 4.99 Å². The molecule has 2 unspecified atom stereocenters. The minimum Gasteiger partial charge on any atom is -0.406 e. The van der Waals surface area contributed by atoms with Crippen molar-refractivity contribution < 1.29 is 22.7 Å². The number of alkyl halides is 3. The Kier molecular flexibility index (Phi) is 8.33. The quantitative estimate of drug-likeness (QED) is 0.593. The maximum absolute atomic E-state index is 12.5. The first-order valence-corrected chi connectivity index (χ1v) is 10.7. The van der Waals surface area contributed by atoms with Gasteiger partial charge < -0.3 is 9.64 Å². The molecule has 0 N–H and O–H groups in total. The van der Waals surface area contributed by atoms with Gasteiger partial charge in [0.2, 0.25) is 5.91 Å². The second kappa shape index (κ2) is 10.1. The summed E-state index contributed by atoms with van der Waals surface area (Å²) in [5, 5.41) is 0.981. The molecular formula is C20H27ClF3N3O2S. The van der Waals surface area contributed by atoms with E-state index in [-0.39, 0.29) is 35.5 Å². The lowest BCUT2D eigenvalue weighted by Crippen LogP contribution is -2.50. The molecule has 30 heavy (non-hydrogen) atoms. The van der Waals surface area contributed by atoms with Crippen molar-refractivity contribution in [1.29, 1.82) is 0 Å². The summed E-state index contributed by atoms with van der Waals surface area (Å²) in [6, 6.07) is 5.73. The van der Waals surface area contributed by atoms with Crippen molar-refractivity contribution in [3.8, 4) is 5.75 Å². The summed E-state index contributed by atoms with van der Waals surface area (Å²) in [7, 11) is 1.92. The lowest BCUT2D eigenvalue weighted by molar-refractivity contribution is -0.274. The van der Waals surface area contributed by atoms with E-state index < -0.39 is 6.36 Å². The molecule has 0 radical (unpaired) electrons. The number of amidine groups is 1. The van der Waals surface area contributed by atoms with Gasteiger partial charge in [0.1, 0.15) is 11.9 Å². The Hall–Kier alpha value is -1.61. The number of aliphatic imine (C=N–C) groups is 1. The van der Waals surface area contributed by atoms with Crippen LogP contribution in [0, 0.1) is 0 Å². The van der Waals surface area contributed by atoms with Gasteiger partial charge in [0.25, 0.3) is 0 Å². The number of amides is 1. The average Bonchev–Trinajstić information content (AvgIpc) is 2.90. The summed E-state index contributed by atoms with van der Waals surface area (Å²) in [6.45, 7) is 3.49. The third-order valence-corrected chi connectivity index (χ3v) is 6.45. The van der Waals surface area contributed by atoms with E-state index >= 15 is 0 Å². The molecule has 0 aromatic heterocycles. The SMILES string of the molecule is CC(=O)N(c1ccc(OC(F)(F)F)cc1)C1C(C)SC(=NC2CCCCC2)N1C.Cl. The van der Waals surface area contributed by atoms with Crippen molar-refractivity contribution in [2.75, 3.05) is 11.9 Å². The second-order valence-electron chi connectivity index (χ2n) is 7.48. The molecule has 10 heteroatoms. The first-order valence-electron chi connectivity index (χ1n) is 9.78.